The molecule has 0 aromatic heterocycles. The predicted molar refractivity (Wildman–Crippen MR) is 110 cm³/mol. The monoisotopic (exact) mass is 421 g/mol. The number of ether oxygens (including phenoxy) is 2. The van der Waals surface area contributed by atoms with E-state index < -0.39 is 15.8 Å². The molecule has 0 radical (unpaired) electrons. The molecule has 29 heavy (non-hydrogen) atoms. The molecule has 2 aromatic rings. The topological polar surface area (TPSA) is 71.1 Å². The van der Waals surface area contributed by atoms with Crippen LogP contribution in [0.25, 0.3) is 0 Å². The molecule has 2 saturated heterocycles. The number of hydrogen-bond donors (Lipinski definition) is 1. The van der Waals surface area contributed by atoms with Crippen LogP contribution in [0.1, 0.15) is 0 Å². The largest absolute Gasteiger partial charge is 0.378 e. The maximum atomic E-state index is 13.5. The minimum absolute atomic E-state index is 0.109. The normalized spacial score (nSPS) is 18.0. The first-order valence-corrected chi connectivity index (χ1v) is 11.1. The molecule has 0 saturated carbocycles. The van der Waals surface area contributed by atoms with Gasteiger partial charge < -0.3 is 19.3 Å². The smallest absolute Gasteiger partial charge is 0.262 e. The third-order valence-electron chi connectivity index (χ3n) is 5.06. The summed E-state index contributed by atoms with van der Waals surface area (Å²) in [5.74, 6) is -0.594. The van der Waals surface area contributed by atoms with Gasteiger partial charge in [-0.05, 0) is 36.4 Å². The average Bonchev–Trinajstić information content (AvgIpc) is 2.75. The zero-order chi connectivity index (χ0) is 20.3. The van der Waals surface area contributed by atoms with E-state index in [-0.39, 0.29) is 4.90 Å². The molecule has 2 heterocycles. The lowest BCUT2D eigenvalue weighted by atomic mass is 10.2. The molecule has 7 nitrogen and oxygen atoms in total. The summed E-state index contributed by atoms with van der Waals surface area (Å²) in [7, 11) is -3.92. The fourth-order valence-corrected chi connectivity index (χ4v) is 4.63. The van der Waals surface area contributed by atoms with E-state index in [1.807, 2.05) is 12.1 Å². The van der Waals surface area contributed by atoms with Crippen LogP contribution in [-0.2, 0) is 19.5 Å². The summed E-state index contributed by atoms with van der Waals surface area (Å²) in [6, 6.07) is 10.7. The van der Waals surface area contributed by atoms with Crippen LogP contribution in [0.15, 0.2) is 47.4 Å². The molecule has 0 atom stereocenters. The van der Waals surface area contributed by atoms with Gasteiger partial charge in [-0.3, -0.25) is 4.72 Å². The fourth-order valence-electron chi connectivity index (χ4n) is 3.53. The van der Waals surface area contributed by atoms with Crippen molar-refractivity contribution in [2.45, 2.75) is 4.90 Å². The minimum atomic E-state index is -3.92. The van der Waals surface area contributed by atoms with E-state index in [1.165, 1.54) is 18.2 Å². The van der Waals surface area contributed by atoms with Crippen molar-refractivity contribution in [1.29, 1.82) is 0 Å². The molecule has 0 amide bonds. The molecule has 1 N–H and O–H groups in total. The Kier molecular flexibility index (Phi) is 5.89. The van der Waals surface area contributed by atoms with Gasteiger partial charge in [0.05, 0.1) is 42.7 Å². The molecular weight excluding hydrogens is 397 g/mol. The first-order chi connectivity index (χ1) is 14.0. The molecule has 0 unspecified atom stereocenters. The van der Waals surface area contributed by atoms with Gasteiger partial charge in [-0.15, -0.1) is 0 Å². The summed E-state index contributed by atoms with van der Waals surface area (Å²) < 4.78 is 52.7. The Hall–Kier alpha value is -2.36. The van der Waals surface area contributed by atoms with Gasteiger partial charge in [0.25, 0.3) is 10.0 Å². The average molecular weight is 421 g/mol. The van der Waals surface area contributed by atoms with Crippen molar-refractivity contribution in [3.8, 4) is 0 Å². The van der Waals surface area contributed by atoms with E-state index in [1.54, 1.807) is 6.07 Å². The maximum Gasteiger partial charge on any atom is 0.262 e. The maximum absolute atomic E-state index is 13.5. The first-order valence-electron chi connectivity index (χ1n) is 9.61. The third-order valence-corrected chi connectivity index (χ3v) is 6.42. The molecule has 0 aliphatic carbocycles. The van der Waals surface area contributed by atoms with Crippen LogP contribution in [0.2, 0.25) is 0 Å². The highest BCUT2D eigenvalue weighted by molar-refractivity contribution is 7.92. The lowest BCUT2D eigenvalue weighted by Gasteiger charge is -2.33. The number of benzene rings is 2. The predicted octanol–water partition coefficient (Wildman–Crippen LogP) is 2.30. The number of nitrogens with one attached hydrogen (secondary N) is 1. The Balaban J connectivity index is 1.67. The fraction of sp³-hybridized carbons (Fsp3) is 0.400. The zero-order valence-corrected chi connectivity index (χ0v) is 16.8. The van der Waals surface area contributed by atoms with Crippen molar-refractivity contribution in [2.75, 3.05) is 67.1 Å². The van der Waals surface area contributed by atoms with Crippen LogP contribution in [0.4, 0.5) is 21.5 Å². The van der Waals surface area contributed by atoms with Gasteiger partial charge in [0.15, 0.2) is 0 Å². The van der Waals surface area contributed by atoms with E-state index in [0.29, 0.717) is 45.2 Å². The number of morpholine rings is 2. The van der Waals surface area contributed by atoms with Crippen LogP contribution in [-0.4, -0.2) is 61.0 Å². The third kappa shape index (κ3) is 4.63. The molecule has 0 spiro atoms. The van der Waals surface area contributed by atoms with Crippen LogP contribution in [0.5, 0.6) is 0 Å². The first kappa shape index (κ1) is 19.9. The van der Waals surface area contributed by atoms with E-state index >= 15 is 0 Å². The lowest BCUT2D eigenvalue weighted by Crippen LogP contribution is -2.38. The number of nitrogens with zero attached hydrogens (tertiary/aromatic N) is 2. The zero-order valence-electron chi connectivity index (χ0n) is 16.0. The second-order valence-electron chi connectivity index (χ2n) is 6.96. The van der Waals surface area contributed by atoms with Gasteiger partial charge in [0.1, 0.15) is 5.82 Å². The van der Waals surface area contributed by atoms with Crippen LogP contribution in [0, 0.1) is 5.82 Å². The van der Waals surface area contributed by atoms with Gasteiger partial charge >= 0.3 is 0 Å². The molecule has 2 aliphatic heterocycles. The summed E-state index contributed by atoms with van der Waals surface area (Å²) in [5, 5.41) is 0. The second kappa shape index (κ2) is 8.56. The SMILES string of the molecule is O=S(=O)(Nc1ccc(N2CCOCC2)cc1N1CCOCC1)c1cccc(F)c1. The van der Waals surface area contributed by atoms with Crippen molar-refractivity contribution < 1.29 is 22.3 Å². The molecule has 4 rings (SSSR count). The second-order valence-corrected chi connectivity index (χ2v) is 8.65. The Labute approximate surface area is 170 Å². The van der Waals surface area contributed by atoms with Crippen molar-refractivity contribution in [3.05, 3.63) is 48.3 Å². The highest BCUT2D eigenvalue weighted by Crippen LogP contribution is 2.33. The Bertz CT molecular complexity index is 958. The van der Waals surface area contributed by atoms with Crippen molar-refractivity contribution in [3.63, 3.8) is 0 Å². The van der Waals surface area contributed by atoms with E-state index in [4.69, 9.17) is 9.47 Å². The molecule has 2 aromatic carbocycles. The van der Waals surface area contributed by atoms with Gasteiger partial charge in [-0.2, -0.15) is 0 Å². The van der Waals surface area contributed by atoms with E-state index in [2.05, 4.69) is 14.5 Å². The molecule has 156 valence electrons. The summed E-state index contributed by atoms with van der Waals surface area (Å²) in [4.78, 5) is 4.22. The highest BCUT2D eigenvalue weighted by Gasteiger charge is 2.22. The van der Waals surface area contributed by atoms with Crippen molar-refractivity contribution in [1.82, 2.24) is 0 Å². The van der Waals surface area contributed by atoms with Crippen molar-refractivity contribution in [2.24, 2.45) is 0 Å². The standard InChI is InChI=1S/C20H24FN3O4S/c21-16-2-1-3-18(14-16)29(25,26)22-19-5-4-17(23-6-10-27-11-7-23)15-20(19)24-8-12-28-13-9-24/h1-5,14-15,22H,6-13H2. The Morgan fingerprint density at radius 1 is 0.862 bits per heavy atom. The Morgan fingerprint density at radius 3 is 2.17 bits per heavy atom. The molecule has 2 fully saturated rings. The minimum Gasteiger partial charge on any atom is -0.378 e. The molecule has 0 bridgehead atoms. The van der Waals surface area contributed by atoms with Crippen molar-refractivity contribution >= 4 is 27.1 Å². The van der Waals surface area contributed by atoms with Gasteiger partial charge in [-0.25, -0.2) is 12.8 Å². The molecule has 2 aliphatic rings. The van der Waals surface area contributed by atoms with Gasteiger partial charge in [-0.1, -0.05) is 6.07 Å². The van der Waals surface area contributed by atoms with Crippen LogP contribution in [0.3, 0.4) is 0 Å². The van der Waals surface area contributed by atoms with Gasteiger partial charge in [0.2, 0.25) is 0 Å². The van der Waals surface area contributed by atoms with Gasteiger partial charge in [0, 0.05) is 31.9 Å². The number of sulfonamides is 1. The lowest BCUT2D eigenvalue weighted by molar-refractivity contribution is 0.122. The number of hydrogen-bond acceptors (Lipinski definition) is 6. The number of rotatable bonds is 5. The molecular formula is C20H24FN3O4S. The Morgan fingerprint density at radius 2 is 1.52 bits per heavy atom. The van der Waals surface area contributed by atoms with Crippen LogP contribution < -0.4 is 14.5 Å². The highest BCUT2D eigenvalue weighted by atomic mass is 32.2. The number of halogens is 1. The quantitative estimate of drug-likeness (QED) is 0.799. The number of anilines is 3. The van der Waals surface area contributed by atoms with E-state index in [0.717, 1.165) is 30.5 Å². The van der Waals surface area contributed by atoms with Crippen LogP contribution >= 0.6 is 0 Å². The molecule has 9 heteroatoms. The van der Waals surface area contributed by atoms with E-state index in [9.17, 15) is 12.8 Å². The summed E-state index contributed by atoms with van der Waals surface area (Å²) in [6.07, 6.45) is 0. The summed E-state index contributed by atoms with van der Waals surface area (Å²) in [6.45, 7) is 5.41. The summed E-state index contributed by atoms with van der Waals surface area (Å²) in [5.41, 5.74) is 2.27. The summed E-state index contributed by atoms with van der Waals surface area (Å²) >= 11 is 0.